The lowest BCUT2D eigenvalue weighted by atomic mass is 9.79. The van der Waals surface area contributed by atoms with Crippen molar-refractivity contribution in [3.63, 3.8) is 0 Å². The molecule has 0 radical (unpaired) electrons. The number of hydrogen-bond donors (Lipinski definition) is 2. The molecule has 4 heterocycles. The lowest BCUT2D eigenvalue weighted by Gasteiger charge is -2.33. The maximum atomic E-state index is 13.4. The summed E-state index contributed by atoms with van der Waals surface area (Å²) >= 11 is 0. The van der Waals surface area contributed by atoms with Crippen molar-refractivity contribution >= 4 is 22.7 Å². The van der Waals surface area contributed by atoms with Gasteiger partial charge in [0.05, 0.1) is 6.04 Å². The van der Waals surface area contributed by atoms with Crippen molar-refractivity contribution in [2.45, 2.75) is 69.9 Å². The van der Waals surface area contributed by atoms with Crippen molar-refractivity contribution in [3.05, 3.63) is 69.8 Å². The van der Waals surface area contributed by atoms with Crippen LogP contribution in [0.15, 0.2) is 47.4 Å². The summed E-state index contributed by atoms with van der Waals surface area (Å²) in [5, 5.41) is 7.41. The molecule has 2 N–H and O–H groups in total. The third-order valence-electron chi connectivity index (χ3n) is 8.06. The number of nitrogens with one attached hydrogen (secondary N) is 2. The van der Waals surface area contributed by atoms with Gasteiger partial charge in [-0.15, -0.1) is 0 Å². The van der Waals surface area contributed by atoms with Gasteiger partial charge in [0.25, 0.3) is 5.56 Å². The maximum absolute atomic E-state index is 13.4. The third-order valence-corrected chi connectivity index (χ3v) is 8.06. The van der Waals surface area contributed by atoms with Gasteiger partial charge in [0, 0.05) is 41.5 Å². The minimum atomic E-state index is -0.0500. The quantitative estimate of drug-likeness (QED) is 0.437. The Balaban J connectivity index is 1.32. The number of benzene rings is 1. The van der Waals surface area contributed by atoms with Gasteiger partial charge >= 0.3 is 0 Å². The Morgan fingerprint density at radius 1 is 1.08 bits per heavy atom. The molecule has 4 aromatic rings. The maximum Gasteiger partial charge on any atom is 0.278 e. The topological polar surface area (TPSA) is 89.7 Å². The summed E-state index contributed by atoms with van der Waals surface area (Å²) < 4.78 is 3.74. The number of anilines is 2. The summed E-state index contributed by atoms with van der Waals surface area (Å²) in [5.41, 5.74) is 5.45. The number of fused-ring (bicyclic) bond motifs is 2. The number of rotatable bonds is 5. The largest absolute Gasteiger partial charge is 0.324 e. The second-order valence-electron chi connectivity index (χ2n) is 11.5. The van der Waals surface area contributed by atoms with Gasteiger partial charge in [0.1, 0.15) is 5.39 Å². The highest BCUT2D eigenvalue weighted by molar-refractivity contribution is 5.77. The van der Waals surface area contributed by atoms with Crippen LogP contribution >= 0.6 is 0 Å². The van der Waals surface area contributed by atoms with Crippen LogP contribution in [0.5, 0.6) is 0 Å². The molecule has 1 aromatic carbocycles. The van der Waals surface area contributed by atoms with E-state index in [1.165, 1.54) is 11.1 Å². The van der Waals surface area contributed by atoms with E-state index in [-0.39, 0.29) is 22.4 Å². The summed E-state index contributed by atoms with van der Waals surface area (Å²) in [6, 6.07) is 12.7. The average Bonchev–Trinajstić information content (AvgIpc) is 3.79. The van der Waals surface area contributed by atoms with E-state index in [2.05, 4.69) is 60.7 Å². The van der Waals surface area contributed by atoms with E-state index in [1.54, 1.807) is 6.20 Å². The molecule has 2 fully saturated rings. The molecule has 1 aliphatic heterocycles. The molecule has 8 nitrogen and oxygen atoms in total. The Hall–Kier alpha value is -3.52. The zero-order valence-corrected chi connectivity index (χ0v) is 21.0. The van der Waals surface area contributed by atoms with Crippen LogP contribution in [0.4, 0.5) is 11.6 Å². The van der Waals surface area contributed by atoms with Crippen LogP contribution in [0, 0.1) is 0 Å². The van der Waals surface area contributed by atoms with Crippen molar-refractivity contribution in [2.75, 3.05) is 11.9 Å². The van der Waals surface area contributed by atoms with Crippen LogP contribution in [0.1, 0.15) is 69.3 Å². The molecule has 3 aromatic heterocycles. The van der Waals surface area contributed by atoms with Crippen LogP contribution in [0.2, 0.25) is 0 Å². The first kappa shape index (κ1) is 21.7. The van der Waals surface area contributed by atoms with E-state index in [0.717, 1.165) is 56.0 Å². The van der Waals surface area contributed by atoms with Crippen molar-refractivity contribution in [1.82, 2.24) is 29.6 Å². The van der Waals surface area contributed by atoms with Crippen molar-refractivity contribution in [3.8, 4) is 5.82 Å². The van der Waals surface area contributed by atoms with E-state index >= 15 is 0 Å². The molecule has 36 heavy (non-hydrogen) atoms. The van der Waals surface area contributed by atoms with Gasteiger partial charge in [-0.05, 0) is 61.1 Å². The second kappa shape index (κ2) is 7.49. The molecule has 3 aliphatic rings. The molecule has 184 valence electrons. The fraction of sp³-hybridized carbons (Fsp3) is 0.429. The van der Waals surface area contributed by atoms with Crippen LogP contribution in [-0.2, 0) is 17.4 Å². The molecule has 8 heteroatoms. The first-order valence-corrected chi connectivity index (χ1v) is 12.9. The molecule has 0 spiro atoms. The lowest BCUT2D eigenvalue weighted by molar-refractivity contribution is 0.435. The van der Waals surface area contributed by atoms with Crippen LogP contribution in [-0.4, -0.2) is 30.9 Å². The Morgan fingerprint density at radius 2 is 1.92 bits per heavy atom. The molecule has 0 amide bonds. The number of aromatic nitrogens is 5. The highest BCUT2D eigenvalue weighted by Crippen LogP contribution is 2.47. The van der Waals surface area contributed by atoms with Gasteiger partial charge in [-0.25, -0.2) is 19.3 Å². The zero-order chi connectivity index (χ0) is 24.7. The Kier molecular flexibility index (Phi) is 4.52. The fourth-order valence-corrected chi connectivity index (χ4v) is 5.46. The number of pyridine rings is 1. The molecular formula is C28H31N7O. The smallest absolute Gasteiger partial charge is 0.278 e. The first-order chi connectivity index (χ1) is 17.3. The van der Waals surface area contributed by atoms with Gasteiger partial charge in [0.2, 0.25) is 5.95 Å². The van der Waals surface area contributed by atoms with E-state index < -0.39 is 0 Å². The molecule has 2 aliphatic carbocycles. The minimum Gasteiger partial charge on any atom is -0.324 e. The van der Waals surface area contributed by atoms with Crippen LogP contribution < -0.4 is 16.2 Å². The lowest BCUT2D eigenvalue weighted by Crippen LogP contribution is -2.38. The van der Waals surface area contributed by atoms with E-state index in [0.29, 0.717) is 17.0 Å². The van der Waals surface area contributed by atoms with Gasteiger partial charge in [-0.1, -0.05) is 32.9 Å². The van der Waals surface area contributed by atoms with Crippen molar-refractivity contribution in [1.29, 1.82) is 0 Å². The first-order valence-electron chi connectivity index (χ1n) is 12.9. The Labute approximate surface area is 209 Å². The highest BCUT2D eigenvalue weighted by atomic mass is 16.1. The van der Waals surface area contributed by atoms with Gasteiger partial charge < -0.3 is 10.6 Å². The Morgan fingerprint density at radius 3 is 2.69 bits per heavy atom. The molecule has 0 bridgehead atoms. The summed E-state index contributed by atoms with van der Waals surface area (Å²) in [7, 11) is 0. The monoisotopic (exact) mass is 481 g/mol. The Bertz CT molecular complexity index is 1570. The van der Waals surface area contributed by atoms with Crippen molar-refractivity contribution in [2.24, 2.45) is 0 Å². The van der Waals surface area contributed by atoms with Gasteiger partial charge in [-0.3, -0.25) is 4.79 Å². The van der Waals surface area contributed by atoms with E-state index in [1.807, 2.05) is 21.5 Å². The normalized spacial score (nSPS) is 19.8. The molecule has 2 saturated carbocycles. The molecular weight excluding hydrogens is 450 g/mol. The summed E-state index contributed by atoms with van der Waals surface area (Å²) in [4.78, 5) is 27.8. The van der Waals surface area contributed by atoms with Crippen molar-refractivity contribution < 1.29 is 0 Å². The zero-order valence-electron chi connectivity index (χ0n) is 21.0. The third kappa shape index (κ3) is 3.46. The van der Waals surface area contributed by atoms with E-state index in [4.69, 9.17) is 9.97 Å². The molecule has 0 unspecified atom stereocenters. The second-order valence-corrected chi connectivity index (χ2v) is 11.5. The number of nitrogens with zero attached hydrogens (tertiary/aromatic N) is 5. The summed E-state index contributed by atoms with van der Waals surface area (Å²) in [6.45, 7) is 8.59. The minimum absolute atomic E-state index is 0.0500. The number of hydrogen-bond acceptors (Lipinski definition) is 6. The predicted octanol–water partition coefficient (Wildman–Crippen LogP) is 4.49. The fourth-order valence-electron chi connectivity index (χ4n) is 5.46. The van der Waals surface area contributed by atoms with Crippen LogP contribution in [0.25, 0.3) is 16.9 Å². The highest BCUT2D eigenvalue weighted by Gasteiger charge is 2.41. The molecule has 7 rings (SSSR count). The molecule has 0 saturated heterocycles. The average molecular weight is 482 g/mol. The summed E-state index contributed by atoms with van der Waals surface area (Å²) in [5.74, 6) is 1.21. The van der Waals surface area contributed by atoms with Gasteiger partial charge in [0.15, 0.2) is 11.5 Å². The molecule has 0 atom stereocenters. The van der Waals surface area contributed by atoms with E-state index in [9.17, 15) is 4.79 Å². The van der Waals surface area contributed by atoms with Crippen LogP contribution in [0.3, 0.4) is 0 Å². The van der Waals surface area contributed by atoms with Gasteiger partial charge in [-0.2, -0.15) is 4.98 Å². The standard InChI is InChI=1S/C28H31N7O/c1-27(2)16-29-14-17-13-18(7-10-21(17)27)31-26-30-15-20-24(33-26)35(34(25(20)36)19-8-9-19)23-6-4-5-22(32-23)28(3)11-12-28/h4-7,10,13,15,19,29H,8-9,11-12,14,16H2,1-3H3,(H,30,31,33). The SMILES string of the molecule is CC1(C)CNCc2cc(Nc3ncc4c(=O)n(C5CC5)n(-c5cccc(C6(C)CC6)n5)c4n3)ccc21. The summed E-state index contributed by atoms with van der Waals surface area (Å²) in [6.07, 6.45) is 5.93. The predicted molar refractivity (Wildman–Crippen MR) is 140 cm³/mol.